The quantitative estimate of drug-likeness (QED) is 0.494. The van der Waals surface area contributed by atoms with Gasteiger partial charge in [0.05, 0.1) is 18.1 Å². The molecule has 0 atom stereocenters. The first-order valence-corrected chi connectivity index (χ1v) is 6.00. The summed E-state index contributed by atoms with van der Waals surface area (Å²) in [5.41, 5.74) is 2.44. The zero-order chi connectivity index (χ0) is 12.8. The predicted molar refractivity (Wildman–Crippen MR) is 69.7 cm³/mol. The number of non-ortho nitro benzene ring substituents is 1. The Morgan fingerprint density at radius 1 is 1.33 bits per heavy atom. The Hall–Kier alpha value is -1.88. The maximum atomic E-state index is 10.5. The summed E-state index contributed by atoms with van der Waals surface area (Å²) in [4.78, 5) is 10.1. The van der Waals surface area contributed by atoms with Crippen LogP contribution in [0.5, 0.6) is 0 Å². The van der Waals surface area contributed by atoms with Gasteiger partial charge in [0.1, 0.15) is 0 Å². The van der Waals surface area contributed by atoms with Crippen molar-refractivity contribution in [1.82, 2.24) is 0 Å². The second kappa shape index (κ2) is 6.16. The van der Waals surface area contributed by atoms with Gasteiger partial charge in [-0.3, -0.25) is 10.1 Å². The fraction of sp³-hybridized carbons (Fsp3) is 0.385. The molecule has 0 spiro atoms. The molecule has 1 heterocycles. The van der Waals surface area contributed by atoms with E-state index < -0.39 is 4.92 Å². The van der Waals surface area contributed by atoms with Crippen molar-refractivity contribution in [1.29, 1.82) is 0 Å². The zero-order valence-corrected chi connectivity index (χ0v) is 10.1. The Bertz CT molecular complexity index is 440. The number of nitrogens with zero attached hydrogens (tertiary/aromatic N) is 1. The third-order valence-electron chi connectivity index (χ3n) is 2.91. The summed E-state index contributed by atoms with van der Waals surface area (Å²) in [6.45, 7) is 2.36. The molecular formula is C13H16N2O3. The number of nitro benzene ring substituents is 1. The largest absolute Gasteiger partial charge is 0.385 e. The van der Waals surface area contributed by atoms with E-state index in [4.69, 9.17) is 4.74 Å². The maximum absolute atomic E-state index is 10.5. The standard InChI is InChI=1S/C13H16N2O3/c16-15(17)13-3-1-12(2-4-13)14-8-5-11-6-9-18-10-7-11/h1-4,6,14H,5,7-10H2. The molecule has 1 aromatic rings. The van der Waals surface area contributed by atoms with Crippen molar-refractivity contribution in [2.75, 3.05) is 25.1 Å². The van der Waals surface area contributed by atoms with Crippen LogP contribution in [0.2, 0.25) is 0 Å². The van der Waals surface area contributed by atoms with E-state index in [0.29, 0.717) is 6.61 Å². The van der Waals surface area contributed by atoms with Gasteiger partial charge in [0, 0.05) is 24.4 Å². The molecular weight excluding hydrogens is 232 g/mol. The van der Waals surface area contributed by atoms with E-state index in [2.05, 4.69) is 11.4 Å². The minimum Gasteiger partial charge on any atom is -0.385 e. The van der Waals surface area contributed by atoms with Crippen molar-refractivity contribution in [3.63, 3.8) is 0 Å². The highest BCUT2D eigenvalue weighted by Gasteiger charge is 2.05. The van der Waals surface area contributed by atoms with Gasteiger partial charge in [-0.2, -0.15) is 0 Å². The molecule has 0 radical (unpaired) electrons. The molecule has 5 heteroatoms. The summed E-state index contributed by atoms with van der Waals surface area (Å²) in [6.07, 6.45) is 4.11. The van der Waals surface area contributed by atoms with E-state index in [9.17, 15) is 10.1 Å². The topological polar surface area (TPSA) is 64.4 Å². The van der Waals surface area contributed by atoms with Gasteiger partial charge in [-0.05, 0) is 25.0 Å². The lowest BCUT2D eigenvalue weighted by molar-refractivity contribution is -0.384. The Morgan fingerprint density at radius 3 is 2.72 bits per heavy atom. The molecule has 1 aromatic carbocycles. The Kier molecular flexibility index (Phi) is 4.30. The summed E-state index contributed by atoms with van der Waals surface area (Å²) in [7, 11) is 0. The molecule has 0 saturated carbocycles. The van der Waals surface area contributed by atoms with Crippen molar-refractivity contribution in [2.45, 2.75) is 12.8 Å². The molecule has 2 rings (SSSR count). The van der Waals surface area contributed by atoms with Gasteiger partial charge in [0.25, 0.3) is 5.69 Å². The Balaban J connectivity index is 1.79. The summed E-state index contributed by atoms with van der Waals surface area (Å²) in [5, 5.41) is 13.8. The summed E-state index contributed by atoms with van der Waals surface area (Å²) >= 11 is 0. The third-order valence-corrected chi connectivity index (χ3v) is 2.91. The summed E-state index contributed by atoms with van der Waals surface area (Å²) in [6, 6.07) is 6.49. The van der Waals surface area contributed by atoms with E-state index in [-0.39, 0.29) is 5.69 Å². The summed E-state index contributed by atoms with van der Waals surface area (Å²) < 4.78 is 5.24. The van der Waals surface area contributed by atoms with Crippen LogP contribution in [0.4, 0.5) is 11.4 Å². The van der Waals surface area contributed by atoms with Crippen LogP contribution in [0.3, 0.4) is 0 Å². The van der Waals surface area contributed by atoms with Crippen LogP contribution in [0.15, 0.2) is 35.9 Å². The lowest BCUT2D eigenvalue weighted by atomic mass is 10.1. The van der Waals surface area contributed by atoms with Crippen LogP contribution in [0.25, 0.3) is 0 Å². The van der Waals surface area contributed by atoms with Gasteiger partial charge in [-0.15, -0.1) is 0 Å². The monoisotopic (exact) mass is 248 g/mol. The molecule has 0 aromatic heterocycles. The van der Waals surface area contributed by atoms with Crippen LogP contribution in [0, 0.1) is 10.1 Å². The molecule has 0 bridgehead atoms. The molecule has 96 valence electrons. The average Bonchev–Trinajstić information content (AvgIpc) is 2.40. The second-order valence-corrected chi connectivity index (χ2v) is 4.17. The zero-order valence-electron chi connectivity index (χ0n) is 10.1. The number of nitrogens with one attached hydrogen (secondary N) is 1. The van der Waals surface area contributed by atoms with Gasteiger partial charge in [0.15, 0.2) is 0 Å². The Labute approximate surface area is 106 Å². The molecule has 0 fully saturated rings. The highest BCUT2D eigenvalue weighted by Crippen LogP contribution is 2.16. The number of anilines is 1. The molecule has 0 unspecified atom stereocenters. The molecule has 5 nitrogen and oxygen atoms in total. The number of hydrogen-bond donors (Lipinski definition) is 1. The van der Waals surface area contributed by atoms with Crippen LogP contribution in [0.1, 0.15) is 12.8 Å². The highest BCUT2D eigenvalue weighted by atomic mass is 16.6. The Morgan fingerprint density at radius 2 is 2.11 bits per heavy atom. The van der Waals surface area contributed by atoms with Crippen LogP contribution < -0.4 is 5.32 Å². The first-order chi connectivity index (χ1) is 8.75. The van der Waals surface area contributed by atoms with E-state index in [1.807, 2.05) is 0 Å². The highest BCUT2D eigenvalue weighted by molar-refractivity contribution is 5.48. The molecule has 1 aliphatic heterocycles. The fourth-order valence-corrected chi connectivity index (χ4v) is 1.86. The number of benzene rings is 1. The van der Waals surface area contributed by atoms with Crippen molar-refractivity contribution < 1.29 is 9.66 Å². The van der Waals surface area contributed by atoms with E-state index in [0.717, 1.165) is 31.7 Å². The second-order valence-electron chi connectivity index (χ2n) is 4.17. The fourth-order valence-electron chi connectivity index (χ4n) is 1.86. The minimum absolute atomic E-state index is 0.118. The average molecular weight is 248 g/mol. The molecule has 0 aliphatic carbocycles. The number of hydrogen-bond acceptors (Lipinski definition) is 4. The van der Waals surface area contributed by atoms with Crippen LogP contribution >= 0.6 is 0 Å². The van der Waals surface area contributed by atoms with E-state index in [1.54, 1.807) is 12.1 Å². The van der Waals surface area contributed by atoms with E-state index >= 15 is 0 Å². The lowest BCUT2D eigenvalue weighted by Crippen LogP contribution is -2.08. The van der Waals surface area contributed by atoms with Gasteiger partial charge in [-0.25, -0.2) is 0 Å². The molecule has 1 N–H and O–H groups in total. The van der Waals surface area contributed by atoms with Crippen molar-refractivity contribution in [2.24, 2.45) is 0 Å². The van der Waals surface area contributed by atoms with Crippen LogP contribution in [-0.2, 0) is 4.74 Å². The molecule has 1 aliphatic rings. The first kappa shape index (κ1) is 12.6. The predicted octanol–water partition coefficient (Wildman–Crippen LogP) is 2.74. The lowest BCUT2D eigenvalue weighted by Gasteiger charge is -2.14. The third kappa shape index (κ3) is 3.56. The smallest absolute Gasteiger partial charge is 0.269 e. The van der Waals surface area contributed by atoms with Crippen LogP contribution in [-0.4, -0.2) is 24.7 Å². The first-order valence-electron chi connectivity index (χ1n) is 6.00. The normalized spacial score (nSPS) is 15.0. The molecule has 0 saturated heterocycles. The van der Waals surface area contributed by atoms with Gasteiger partial charge >= 0.3 is 0 Å². The molecule has 18 heavy (non-hydrogen) atoms. The van der Waals surface area contributed by atoms with Crippen molar-refractivity contribution in [3.8, 4) is 0 Å². The SMILES string of the molecule is O=[N+]([O-])c1ccc(NCCC2=CCOCC2)cc1. The number of rotatable bonds is 5. The van der Waals surface area contributed by atoms with Crippen molar-refractivity contribution >= 4 is 11.4 Å². The summed E-state index contributed by atoms with van der Waals surface area (Å²) in [5.74, 6) is 0. The molecule has 0 amide bonds. The van der Waals surface area contributed by atoms with Crippen molar-refractivity contribution in [3.05, 3.63) is 46.0 Å². The van der Waals surface area contributed by atoms with Gasteiger partial charge in [-0.1, -0.05) is 11.6 Å². The maximum Gasteiger partial charge on any atom is 0.269 e. The van der Waals surface area contributed by atoms with Gasteiger partial charge < -0.3 is 10.1 Å². The van der Waals surface area contributed by atoms with Gasteiger partial charge in [0.2, 0.25) is 0 Å². The minimum atomic E-state index is -0.392. The number of nitro groups is 1. The number of ether oxygens (including phenoxy) is 1. The van der Waals surface area contributed by atoms with E-state index in [1.165, 1.54) is 17.7 Å².